The number of aromatic nitrogens is 2. The highest BCUT2D eigenvalue weighted by Crippen LogP contribution is 2.19. The van der Waals surface area contributed by atoms with Crippen LogP contribution < -0.4 is 5.73 Å². The van der Waals surface area contributed by atoms with Gasteiger partial charge in [-0.2, -0.15) is 0 Å². The van der Waals surface area contributed by atoms with E-state index in [4.69, 9.17) is 10.2 Å². The zero-order chi connectivity index (χ0) is 9.26. The van der Waals surface area contributed by atoms with Crippen LogP contribution in [0, 0.1) is 0 Å². The fourth-order valence-electron chi connectivity index (χ4n) is 1.04. The van der Waals surface area contributed by atoms with Crippen molar-refractivity contribution >= 4 is 23.0 Å². The molecule has 0 aliphatic heterocycles. The fraction of sp³-hybridized carbons (Fsp3) is 0.250. The van der Waals surface area contributed by atoms with Gasteiger partial charge < -0.3 is 10.2 Å². The number of thioether (sulfide) groups is 1. The number of hydrogen-bond donors (Lipinski definition) is 1. The highest BCUT2D eigenvalue weighted by molar-refractivity contribution is 7.98. The Hall–Kier alpha value is -1.07. The van der Waals surface area contributed by atoms with E-state index in [0.29, 0.717) is 17.5 Å². The zero-order valence-electron chi connectivity index (χ0n) is 7.15. The van der Waals surface area contributed by atoms with Gasteiger partial charge in [0.25, 0.3) is 5.22 Å². The first-order chi connectivity index (χ1) is 6.33. The van der Waals surface area contributed by atoms with E-state index < -0.39 is 0 Å². The summed E-state index contributed by atoms with van der Waals surface area (Å²) in [7, 11) is 0. The second-order valence-corrected chi connectivity index (χ2v) is 3.27. The number of pyridine rings is 1. The summed E-state index contributed by atoms with van der Waals surface area (Å²) in [5.74, 6) is 0. The van der Waals surface area contributed by atoms with E-state index in [9.17, 15) is 0 Å². The second kappa shape index (κ2) is 3.35. The van der Waals surface area contributed by atoms with Crippen molar-refractivity contribution in [3.8, 4) is 0 Å². The van der Waals surface area contributed by atoms with Crippen LogP contribution in [0.15, 0.2) is 21.8 Å². The molecule has 5 heteroatoms. The molecule has 0 atom stereocenters. The Morgan fingerprint density at radius 1 is 1.46 bits per heavy atom. The lowest BCUT2D eigenvalue weighted by molar-refractivity contribution is 0.481. The van der Waals surface area contributed by atoms with Gasteiger partial charge in [0, 0.05) is 6.54 Å². The largest absolute Gasteiger partial charge is 0.412 e. The van der Waals surface area contributed by atoms with Crippen LogP contribution in [0.2, 0.25) is 0 Å². The van der Waals surface area contributed by atoms with E-state index in [1.165, 1.54) is 11.8 Å². The first-order valence-corrected chi connectivity index (χ1v) is 5.06. The quantitative estimate of drug-likeness (QED) is 0.734. The smallest absolute Gasteiger partial charge is 0.258 e. The molecule has 0 saturated heterocycles. The predicted molar refractivity (Wildman–Crippen MR) is 51.5 cm³/mol. The molecule has 0 aromatic carbocycles. The Morgan fingerprint density at radius 2 is 2.31 bits per heavy atom. The molecular formula is C8H9N3OS. The minimum absolute atomic E-state index is 0.422. The van der Waals surface area contributed by atoms with Crippen molar-refractivity contribution in [2.24, 2.45) is 5.73 Å². The number of rotatable bonds is 2. The second-order valence-electron chi connectivity index (χ2n) is 2.51. The van der Waals surface area contributed by atoms with Crippen LogP contribution in [0.25, 0.3) is 11.2 Å². The number of nitrogens with zero attached hydrogens (tertiary/aromatic N) is 2. The van der Waals surface area contributed by atoms with Crippen molar-refractivity contribution in [1.82, 2.24) is 9.97 Å². The lowest BCUT2D eigenvalue weighted by Gasteiger charge is -1.91. The van der Waals surface area contributed by atoms with Gasteiger partial charge in [-0.05, 0) is 18.4 Å². The summed E-state index contributed by atoms with van der Waals surface area (Å²) in [5, 5.41) is 0.636. The molecule has 4 nitrogen and oxygen atoms in total. The van der Waals surface area contributed by atoms with Gasteiger partial charge in [0.2, 0.25) is 5.71 Å². The maximum atomic E-state index is 5.45. The van der Waals surface area contributed by atoms with Crippen molar-refractivity contribution in [2.75, 3.05) is 6.26 Å². The standard InChI is InChI=1S/C8H9N3OS/c1-13-8-11-6-3-2-5(4-9)10-7(6)12-8/h2-3H,4,9H2,1H3. The van der Waals surface area contributed by atoms with E-state index in [1.807, 2.05) is 18.4 Å². The summed E-state index contributed by atoms with van der Waals surface area (Å²) in [4.78, 5) is 8.39. The lowest BCUT2D eigenvalue weighted by Crippen LogP contribution is -1.98. The van der Waals surface area contributed by atoms with Crippen LogP contribution in [0.1, 0.15) is 5.69 Å². The van der Waals surface area contributed by atoms with Crippen molar-refractivity contribution in [1.29, 1.82) is 0 Å². The maximum Gasteiger partial charge on any atom is 0.258 e. The van der Waals surface area contributed by atoms with E-state index in [-0.39, 0.29) is 0 Å². The molecule has 0 saturated carbocycles. The van der Waals surface area contributed by atoms with Crippen LogP contribution in [0.4, 0.5) is 0 Å². The molecule has 0 amide bonds. The highest BCUT2D eigenvalue weighted by Gasteiger charge is 2.05. The first-order valence-electron chi connectivity index (χ1n) is 3.84. The maximum absolute atomic E-state index is 5.45. The Labute approximate surface area is 79.5 Å². The minimum atomic E-state index is 0.422. The number of hydrogen-bond acceptors (Lipinski definition) is 5. The molecule has 2 rings (SSSR count). The number of oxazole rings is 1. The lowest BCUT2D eigenvalue weighted by atomic mass is 10.3. The summed E-state index contributed by atoms with van der Waals surface area (Å²) in [5.41, 5.74) is 7.61. The van der Waals surface area contributed by atoms with Crippen LogP contribution in [-0.2, 0) is 6.54 Å². The third kappa shape index (κ3) is 1.52. The monoisotopic (exact) mass is 195 g/mol. The van der Waals surface area contributed by atoms with Crippen LogP contribution in [-0.4, -0.2) is 16.2 Å². The highest BCUT2D eigenvalue weighted by atomic mass is 32.2. The molecule has 2 N–H and O–H groups in total. The first kappa shape index (κ1) is 8.52. The molecule has 2 aromatic rings. The minimum Gasteiger partial charge on any atom is -0.412 e. The molecule has 0 aliphatic rings. The summed E-state index contributed by atoms with van der Waals surface area (Å²) < 4.78 is 5.34. The molecule has 0 aliphatic carbocycles. The van der Waals surface area contributed by atoms with Gasteiger partial charge in [-0.1, -0.05) is 11.8 Å². The van der Waals surface area contributed by atoms with Crippen LogP contribution in [0.3, 0.4) is 0 Å². The third-order valence-corrected chi connectivity index (χ3v) is 2.20. The van der Waals surface area contributed by atoms with Gasteiger partial charge in [0.1, 0.15) is 5.52 Å². The Bertz CT molecular complexity index is 424. The van der Waals surface area contributed by atoms with Gasteiger partial charge >= 0.3 is 0 Å². The Morgan fingerprint density at radius 3 is 3.00 bits per heavy atom. The topological polar surface area (TPSA) is 64.9 Å². The van der Waals surface area contributed by atoms with Crippen LogP contribution in [0.5, 0.6) is 0 Å². The molecule has 0 spiro atoms. The van der Waals surface area contributed by atoms with Gasteiger partial charge in [0.05, 0.1) is 5.69 Å². The van der Waals surface area contributed by atoms with Gasteiger partial charge in [-0.3, -0.25) is 0 Å². The molecule has 13 heavy (non-hydrogen) atoms. The molecule has 2 heterocycles. The van der Waals surface area contributed by atoms with Gasteiger partial charge in [-0.25, -0.2) is 9.97 Å². The van der Waals surface area contributed by atoms with E-state index in [1.54, 1.807) is 0 Å². The molecule has 68 valence electrons. The van der Waals surface area contributed by atoms with Crippen molar-refractivity contribution in [3.63, 3.8) is 0 Å². The van der Waals surface area contributed by atoms with E-state index in [0.717, 1.165) is 11.2 Å². The van der Waals surface area contributed by atoms with Crippen molar-refractivity contribution in [2.45, 2.75) is 11.8 Å². The SMILES string of the molecule is CSc1nc2ccc(CN)nc2o1. The van der Waals surface area contributed by atoms with Gasteiger partial charge in [-0.15, -0.1) is 0 Å². The molecule has 2 aromatic heterocycles. The number of nitrogens with two attached hydrogens (primary N) is 1. The molecule has 0 bridgehead atoms. The van der Waals surface area contributed by atoms with E-state index in [2.05, 4.69) is 9.97 Å². The summed E-state index contributed by atoms with van der Waals surface area (Å²) in [6, 6.07) is 3.72. The normalized spacial score (nSPS) is 10.9. The molecule has 0 fully saturated rings. The average molecular weight is 195 g/mol. The van der Waals surface area contributed by atoms with Crippen molar-refractivity contribution < 1.29 is 4.42 Å². The molecular weight excluding hydrogens is 186 g/mol. The molecule has 0 radical (unpaired) electrons. The average Bonchev–Trinajstić information content (AvgIpc) is 2.58. The third-order valence-electron chi connectivity index (χ3n) is 1.68. The van der Waals surface area contributed by atoms with E-state index >= 15 is 0 Å². The Kier molecular flexibility index (Phi) is 2.20. The number of fused-ring (bicyclic) bond motifs is 1. The van der Waals surface area contributed by atoms with Crippen LogP contribution >= 0.6 is 11.8 Å². The fourth-order valence-corrected chi connectivity index (χ4v) is 1.39. The Balaban J connectivity index is 2.57. The summed E-state index contributed by atoms with van der Waals surface area (Å²) in [6.45, 7) is 0.422. The zero-order valence-corrected chi connectivity index (χ0v) is 7.97. The summed E-state index contributed by atoms with van der Waals surface area (Å²) in [6.07, 6.45) is 1.91. The van der Waals surface area contributed by atoms with Gasteiger partial charge in [0.15, 0.2) is 0 Å². The summed E-state index contributed by atoms with van der Waals surface area (Å²) >= 11 is 1.46. The molecule has 0 unspecified atom stereocenters. The van der Waals surface area contributed by atoms with Crippen molar-refractivity contribution in [3.05, 3.63) is 17.8 Å². The predicted octanol–water partition coefficient (Wildman–Crippen LogP) is 1.40.